The second-order valence-electron chi connectivity index (χ2n) is 6.83. The molecule has 2 aromatic heterocycles. The number of allylic oxidation sites excluding steroid dienone is 5. The molecule has 0 amide bonds. The summed E-state index contributed by atoms with van der Waals surface area (Å²) in [6.45, 7) is 3.97. The van der Waals surface area contributed by atoms with Crippen molar-refractivity contribution in [3.05, 3.63) is 78.0 Å². The van der Waals surface area contributed by atoms with Gasteiger partial charge in [-0.3, -0.25) is 0 Å². The molecule has 0 unspecified atom stereocenters. The van der Waals surface area contributed by atoms with Crippen molar-refractivity contribution < 1.29 is 13.5 Å². The van der Waals surface area contributed by atoms with E-state index in [9.17, 15) is 8.78 Å². The van der Waals surface area contributed by atoms with Gasteiger partial charge in [0.25, 0.3) is 0 Å². The van der Waals surface area contributed by atoms with E-state index in [1.54, 1.807) is 12.3 Å². The number of aromatic amines is 1. The smallest absolute Gasteiger partial charge is 0.178 e. The van der Waals surface area contributed by atoms with Crippen LogP contribution in [0.3, 0.4) is 0 Å². The molecule has 0 atom stereocenters. The van der Waals surface area contributed by atoms with Crippen molar-refractivity contribution in [3.63, 3.8) is 0 Å². The number of imidazole rings is 1. The lowest BCUT2D eigenvalue weighted by molar-refractivity contribution is 0.157. The molecule has 4 nitrogen and oxygen atoms in total. The van der Waals surface area contributed by atoms with Gasteiger partial charge in [0.1, 0.15) is 23.2 Å². The molecule has 0 saturated heterocycles. The predicted molar refractivity (Wildman–Crippen MR) is 105 cm³/mol. The van der Waals surface area contributed by atoms with Crippen molar-refractivity contribution >= 4 is 16.7 Å². The summed E-state index contributed by atoms with van der Waals surface area (Å²) in [7, 11) is 0. The maximum absolute atomic E-state index is 14.1. The van der Waals surface area contributed by atoms with Crippen LogP contribution in [-0.4, -0.2) is 21.1 Å². The van der Waals surface area contributed by atoms with Gasteiger partial charge in [0.2, 0.25) is 0 Å². The Bertz CT molecular complexity index is 1130. The average Bonchev–Trinajstić information content (AvgIpc) is 2.93. The monoisotopic (exact) mass is 379 g/mol. The van der Waals surface area contributed by atoms with Gasteiger partial charge in [0.15, 0.2) is 5.65 Å². The summed E-state index contributed by atoms with van der Waals surface area (Å²) < 4.78 is 33.0. The molecule has 1 aliphatic rings. The Morgan fingerprint density at radius 3 is 2.82 bits per heavy atom. The van der Waals surface area contributed by atoms with Crippen molar-refractivity contribution in [2.24, 2.45) is 0 Å². The molecule has 0 aliphatic heterocycles. The quantitative estimate of drug-likeness (QED) is 0.646. The highest BCUT2D eigenvalue weighted by molar-refractivity contribution is 5.81. The third-order valence-corrected chi connectivity index (χ3v) is 4.34. The van der Waals surface area contributed by atoms with Crippen LogP contribution < -0.4 is 0 Å². The number of nitrogens with one attached hydrogen (secondary N) is 1. The van der Waals surface area contributed by atoms with E-state index in [0.29, 0.717) is 34.5 Å². The van der Waals surface area contributed by atoms with Crippen LogP contribution in [0.2, 0.25) is 0 Å². The summed E-state index contributed by atoms with van der Waals surface area (Å²) in [4.78, 5) is 12.1. The highest BCUT2D eigenvalue weighted by atomic mass is 19.1. The summed E-state index contributed by atoms with van der Waals surface area (Å²) >= 11 is 0. The van der Waals surface area contributed by atoms with Gasteiger partial charge in [-0.25, -0.2) is 18.7 Å². The van der Waals surface area contributed by atoms with Crippen LogP contribution in [0.1, 0.15) is 26.1 Å². The number of benzene rings is 1. The number of pyridine rings is 1. The molecular weight excluding hydrogens is 360 g/mol. The van der Waals surface area contributed by atoms with Crippen LogP contribution in [-0.2, 0) is 4.74 Å². The van der Waals surface area contributed by atoms with Crippen molar-refractivity contribution in [1.82, 2.24) is 15.0 Å². The zero-order valence-electron chi connectivity index (χ0n) is 15.5. The van der Waals surface area contributed by atoms with E-state index in [0.717, 1.165) is 17.4 Å². The number of H-pyrrole nitrogens is 1. The number of ether oxygens (including phenoxy) is 1. The van der Waals surface area contributed by atoms with Gasteiger partial charge < -0.3 is 9.72 Å². The van der Waals surface area contributed by atoms with Crippen LogP contribution in [0.15, 0.2) is 60.5 Å². The molecule has 6 heteroatoms. The molecule has 0 fully saturated rings. The first kappa shape index (κ1) is 18.1. The fourth-order valence-corrected chi connectivity index (χ4v) is 3.06. The third-order valence-electron chi connectivity index (χ3n) is 4.34. The van der Waals surface area contributed by atoms with Crippen LogP contribution in [0.4, 0.5) is 8.78 Å². The first-order valence-corrected chi connectivity index (χ1v) is 9.05. The lowest BCUT2D eigenvalue weighted by atomic mass is 10.1. The van der Waals surface area contributed by atoms with E-state index in [4.69, 9.17) is 4.74 Å². The number of nitrogens with zero attached hydrogens (tertiary/aromatic N) is 2. The van der Waals surface area contributed by atoms with Gasteiger partial charge in [-0.1, -0.05) is 12.2 Å². The largest absolute Gasteiger partial charge is 0.491 e. The minimum absolute atomic E-state index is 0.109. The third kappa shape index (κ3) is 3.71. The number of rotatable bonds is 4. The molecule has 0 bridgehead atoms. The van der Waals surface area contributed by atoms with Crippen molar-refractivity contribution in [1.29, 1.82) is 0 Å². The zero-order chi connectivity index (χ0) is 19.7. The van der Waals surface area contributed by atoms with Crippen LogP contribution >= 0.6 is 0 Å². The van der Waals surface area contributed by atoms with Gasteiger partial charge in [0.05, 0.1) is 11.6 Å². The SMILES string of the molecule is CC(C)OC1=CCC(c2nc3ncc(-c4ccc(F)cc4F)cc3[nH]2)=CC=C1. The lowest BCUT2D eigenvalue weighted by Gasteiger charge is -2.09. The minimum Gasteiger partial charge on any atom is -0.491 e. The number of halogens is 2. The molecule has 0 radical (unpaired) electrons. The standard InChI is InChI=1S/C22H19F2N3O/c1-13(2)28-17-5-3-4-14(6-8-17)21-26-20-10-15(12-25-22(20)27-21)18-9-7-16(23)11-19(18)24/h3-5,7-13H,6H2,1-2H3,(H,25,26,27). The van der Waals surface area contributed by atoms with E-state index in [1.807, 2.05) is 38.2 Å². The van der Waals surface area contributed by atoms with Gasteiger partial charge in [-0.15, -0.1) is 0 Å². The van der Waals surface area contributed by atoms with E-state index in [-0.39, 0.29) is 6.10 Å². The molecule has 1 N–H and O–H groups in total. The van der Waals surface area contributed by atoms with Crippen LogP contribution in [0.5, 0.6) is 0 Å². The Labute approximate surface area is 161 Å². The van der Waals surface area contributed by atoms with Crippen molar-refractivity contribution in [2.45, 2.75) is 26.4 Å². The molecular formula is C22H19F2N3O. The van der Waals surface area contributed by atoms with Gasteiger partial charge >= 0.3 is 0 Å². The zero-order valence-corrected chi connectivity index (χ0v) is 15.5. The van der Waals surface area contributed by atoms with Crippen molar-refractivity contribution in [3.8, 4) is 11.1 Å². The molecule has 1 aromatic carbocycles. The Balaban J connectivity index is 1.65. The molecule has 28 heavy (non-hydrogen) atoms. The maximum Gasteiger partial charge on any atom is 0.178 e. The summed E-state index contributed by atoms with van der Waals surface area (Å²) in [5.74, 6) is 0.289. The summed E-state index contributed by atoms with van der Waals surface area (Å²) in [6.07, 6.45) is 10.1. The molecule has 3 aromatic rings. The van der Waals surface area contributed by atoms with Crippen LogP contribution in [0.25, 0.3) is 27.9 Å². The Morgan fingerprint density at radius 2 is 2.04 bits per heavy atom. The highest BCUT2D eigenvalue weighted by Crippen LogP contribution is 2.27. The summed E-state index contributed by atoms with van der Waals surface area (Å²) in [5.41, 5.74) is 3.07. The first-order valence-electron chi connectivity index (χ1n) is 9.05. The highest BCUT2D eigenvalue weighted by Gasteiger charge is 2.13. The number of aromatic nitrogens is 3. The van der Waals surface area contributed by atoms with Gasteiger partial charge in [0, 0.05) is 23.4 Å². The Hall–Kier alpha value is -3.28. The maximum atomic E-state index is 14.1. The summed E-state index contributed by atoms with van der Waals surface area (Å²) in [5, 5.41) is 0. The minimum atomic E-state index is -0.625. The molecule has 4 rings (SSSR count). The lowest BCUT2D eigenvalue weighted by Crippen LogP contribution is -2.00. The van der Waals surface area contributed by atoms with E-state index < -0.39 is 11.6 Å². The summed E-state index contributed by atoms with van der Waals surface area (Å²) in [6, 6.07) is 5.27. The fourth-order valence-electron chi connectivity index (χ4n) is 3.06. The van der Waals surface area contributed by atoms with Gasteiger partial charge in [-0.05, 0) is 56.2 Å². The Kier molecular flexibility index (Phi) is 4.77. The average molecular weight is 379 g/mol. The molecule has 1 aliphatic carbocycles. The fraction of sp³-hybridized carbons (Fsp3) is 0.182. The van der Waals surface area contributed by atoms with E-state index >= 15 is 0 Å². The number of hydrogen-bond donors (Lipinski definition) is 1. The predicted octanol–water partition coefficient (Wildman–Crippen LogP) is 5.56. The molecule has 0 saturated carbocycles. The second-order valence-corrected chi connectivity index (χ2v) is 6.83. The number of fused-ring (bicyclic) bond motifs is 1. The molecule has 2 heterocycles. The van der Waals surface area contributed by atoms with Crippen molar-refractivity contribution in [2.75, 3.05) is 0 Å². The van der Waals surface area contributed by atoms with E-state index in [2.05, 4.69) is 15.0 Å². The Morgan fingerprint density at radius 1 is 1.18 bits per heavy atom. The second kappa shape index (κ2) is 7.38. The molecule has 0 spiro atoms. The van der Waals surface area contributed by atoms with Gasteiger partial charge in [-0.2, -0.15) is 0 Å². The normalized spacial score (nSPS) is 14.2. The number of hydrogen-bond acceptors (Lipinski definition) is 3. The molecule has 142 valence electrons. The first-order chi connectivity index (χ1) is 13.5. The topological polar surface area (TPSA) is 50.8 Å². The van der Waals surface area contributed by atoms with Crippen LogP contribution in [0, 0.1) is 11.6 Å². The van der Waals surface area contributed by atoms with E-state index in [1.165, 1.54) is 12.1 Å².